The number of thioether (sulfide) groups is 1. The summed E-state index contributed by atoms with van der Waals surface area (Å²) in [7, 11) is -4.37. The van der Waals surface area contributed by atoms with Gasteiger partial charge >= 0.3 is 5.51 Å². The van der Waals surface area contributed by atoms with Gasteiger partial charge in [-0.2, -0.15) is 13.2 Å². The van der Waals surface area contributed by atoms with Crippen molar-refractivity contribution in [2.45, 2.75) is 17.0 Å². The quantitative estimate of drug-likeness (QED) is 0.599. The Bertz CT molecular complexity index is 607. The Morgan fingerprint density at radius 2 is 1.95 bits per heavy atom. The molecule has 0 spiro atoms. The van der Waals surface area contributed by atoms with E-state index in [1.165, 1.54) is 0 Å². The van der Waals surface area contributed by atoms with Crippen LogP contribution < -0.4 is 4.72 Å². The lowest BCUT2D eigenvalue weighted by atomic mass is 10.2. The molecule has 0 atom stereocenters. The van der Waals surface area contributed by atoms with Crippen molar-refractivity contribution in [2.24, 2.45) is 0 Å². The van der Waals surface area contributed by atoms with Gasteiger partial charge in [-0.25, -0.2) is 17.5 Å². The van der Waals surface area contributed by atoms with E-state index in [-0.39, 0.29) is 10.6 Å². The fourth-order valence-corrected chi connectivity index (χ4v) is 3.40. The molecule has 0 unspecified atom stereocenters. The number of halogens is 5. The van der Waals surface area contributed by atoms with Crippen LogP contribution in [0.2, 0.25) is 5.02 Å². The Morgan fingerprint density at radius 1 is 1.33 bits per heavy atom. The topological polar surface area (TPSA) is 66.4 Å². The zero-order chi connectivity index (χ0) is 16.3. The largest absolute Gasteiger partial charge is 0.441 e. The molecule has 11 heteroatoms. The minimum absolute atomic E-state index is 0.120. The van der Waals surface area contributed by atoms with Crippen molar-refractivity contribution < 1.29 is 31.1 Å². The van der Waals surface area contributed by atoms with Crippen molar-refractivity contribution in [1.29, 1.82) is 0 Å². The average Bonchev–Trinajstić information content (AvgIpc) is 2.36. The summed E-state index contributed by atoms with van der Waals surface area (Å²) in [5, 5.41) is 8.77. The number of aliphatic hydroxyl groups excluding tert-OH is 1. The maximum absolute atomic E-state index is 13.8. The first kappa shape index (κ1) is 18.5. The molecule has 0 aliphatic carbocycles. The van der Waals surface area contributed by atoms with E-state index in [9.17, 15) is 26.0 Å². The zero-order valence-corrected chi connectivity index (χ0v) is 12.6. The van der Waals surface area contributed by atoms with Gasteiger partial charge in [0.25, 0.3) is 0 Å². The van der Waals surface area contributed by atoms with Gasteiger partial charge in [-0.1, -0.05) is 11.6 Å². The molecule has 0 fully saturated rings. The SMILES string of the molecule is O=S(=O)(NCCSC(F)(F)F)c1cc(Cl)cc(CO)c1F. The summed E-state index contributed by atoms with van der Waals surface area (Å²) >= 11 is 5.20. The van der Waals surface area contributed by atoms with Crippen molar-refractivity contribution in [3.05, 3.63) is 28.5 Å². The summed E-state index contributed by atoms with van der Waals surface area (Å²) in [6, 6.07) is 1.87. The van der Waals surface area contributed by atoms with Crippen LogP contribution >= 0.6 is 23.4 Å². The van der Waals surface area contributed by atoms with Crippen LogP contribution in [0.5, 0.6) is 0 Å². The van der Waals surface area contributed by atoms with E-state index in [1.807, 2.05) is 4.72 Å². The smallest absolute Gasteiger partial charge is 0.392 e. The summed E-state index contributed by atoms with van der Waals surface area (Å²) < 4.78 is 75.0. The molecule has 4 nitrogen and oxygen atoms in total. The summed E-state index contributed by atoms with van der Waals surface area (Å²) in [6.45, 7) is -1.30. The van der Waals surface area contributed by atoms with Crippen LogP contribution in [0.3, 0.4) is 0 Å². The Morgan fingerprint density at radius 3 is 2.48 bits per heavy atom. The molecule has 2 N–H and O–H groups in total. The van der Waals surface area contributed by atoms with Crippen molar-refractivity contribution in [3.63, 3.8) is 0 Å². The third-order valence-electron chi connectivity index (χ3n) is 2.20. The highest BCUT2D eigenvalue weighted by molar-refractivity contribution is 8.00. The Balaban J connectivity index is 2.86. The third-order valence-corrected chi connectivity index (χ3v) is 4.61. The third kappa shape index (κ3) is 5.62. The van der Waals surface area contributed by atoms with Gasteiger partial charge in [0.15, 0.2) is 0 Å². The highest BCUT2D eigenvalue weighted by Gasteiger charge is 2.28. The van der Waals surface area contributed by atoms with Gasteiger partial charge in [0, 0.05) is 22.9 Å². The maximum Gasteiger partial charge on any atom is 0.441 e. The molecule has 0 saturated carbocycles. The molecule has 21 heavy (non-hydrogen) atoms. The number of benzene rings is 1. The number of sulfonamides is 1. The van der Waals surface area contributed by atoms with Gasteiger partial charge in [0.2, 0.25) is 10.0 Å². The first-order chi connectivity index (χ1) is 9.57. The number of rotatable bonds is 6. The first-order valence-electron chi connectivity index (χ1n) is 5.36. The number of nitrogens with one attached hydrogen (secondary N) is 1. The monoisotopic (exact) mass is 367 g/mol. The lowest BCUT2D eigenvalue weighted by Gasteiger charge is -2.11. The van der Waals surface area contributed by atoms with Gasteiger partial charge in [-0.3, -0.25) is 0 Å². The van der Waals surface area contributed by atoms with Crippen molar-refractivity contribution in [1.82, 2.24) is 4.72 Å². The molecule has 1 aromatic carbocycles. The molecule has 1 aromatic rings. The fraction of sp³-hybridized carbons (Fsp3) is 0.400. The predicted molar refractivity (Wildman–Crippen MR) is 71.0 cm³/mol. The number of hydrogen-bond acceptors (Lipinski definition) is 4. The number of hydrogen-bond donors (Lipinski definition) is 2. The lowest BCUT2D eigenvalue weighted by molar-refractivity contribution is -0.0327. The Labute approximate surface area is 127 Å². The van der Waals surface area contributed by atoms with Gasteiger partial charge in [-0.05, 0) is 23.9 Å². The molecule has 0 heterocycles. The highest BCUT2D eigenvalue weighted by atomic mass is 35.5. The first-order valence-corrected chi connectivity index (χ1v) is 8.20. The highest BCUT2D eigenvalue weighted by Crippen LogP contribution is 2.29. The summed E-state index contributed by atoms with van der Waals surface area (Å²) in [5.41, 5.74) is -4.80. The van der Waals surface area contributed by atoms with Gasteiger partial charge in [0.1, 0.15) is 10.7 Å². The average molecular weight is 368 g/mol. The Hall–Kier alpha value is -0.550. The van der Waals surface area contributed by atoms with Crippen LogP contribution in [0.15, 0.2) is 17.0 Å². The van der Waals surface area contributed by atoms with E-state index in [2.05, 4.69) is 0 Å². The normalized spacial score (nSPS) is 12.7. The van der Waals surface area contributed by atoms with Crippen LogP contribution in [0.4, 0.5) is 17.6 Å². The number of aliphatic hydroxyl groups is 1. The fourth-order valence-electron chi connectivity index (χ4n) is 1.35. The predicted octanol–water partition coefficient (Wildman–Crippen LogP) is 2.50. The standard InChI is InChI=1S/C10H10ClF4NO3S2/c11-7-3-6(5-17)9(12)8(4-7)21(18,19)16-1-2-20-10(13,14)15/h3-4,16-17H,1-2,5H2. The minimum Gasteiger partial charge on any atom is -0.392 e. The molecule has 0 aromatic heterocycles. The summed E-state index contributed by atoms with van der Waals surface area (Å²) in [5.74, 6) is -1.75. The van der Waals surface area contributed by atoms with Crippen molar-refractivity contribution in [2.75, 3.05) is 12.3 Å². The Kier molecular flexibility index (Phi) is 6.29. The van der Waals surface area contributed by atoms with Crippen LogP contribution in [-0.2, 0) is 16.6 Å². The van der Waals surface area contributed by atoms with Crippen LogP contribution in [0.25, 0.3) is 0 Å². The van der Waals surface area contributed by atoms with Gasteiger partial charge in [0.05, 0.1) is 6.61 Å². The molecule has 0 aliphatic rings. The molecular weight excluding hydrogens is 358 g/mol. The number of alkyl halides is 3. The molecule has 0 radical (unpaired) electrons. The summed E-state index contributed by atoms with van der Waals surface area (Å²) in [6.07, 6.45) is 0. The second-order valence-corrected chi connectivity index (χ2v) is 7.06. The van der Waals surface area contributed by atoms with E-state index >= 15 is 0 Å². The molecule has 0 amide bonds. The summed E-state index contributed by atoms with van der Waals surface area (Å²) in [4.78, 5) is -0.823. The second kappa shape index (κ2) is 7.14. The molecular formula is C10H10ClF4NO3S2. The molecule has 0 saturated heterocycles. The van der Waals surface area contributed by atoms with Gasteiger partial charge < -0.3 is 5.11 Å². The lowest BCUT2D eigenvalue weighted by Crippen LogP contribution is -2.27. The van der Waals surface area contributed by atoms with E-state index in [0.717, 1.165) is 12.1 Å². The van der Waals surface area contributed by atoms with Crippen molar-refractivity contribution >= 4 is 33.4 Å². The minimum atomic E-state index is -4.48. The van der Waals surface area contributed by atoms with Crippen LogP contribution in [-0.4, -0.2) is 31.3 Å². The van der Waals surface area contributed by atoms with E-state index in [0.29, 0.717) is 0 Å². The second-order valence-electron chi connectivity index (χ2n) is 3.73. The molecule has 0 bridgehead atoms. The van der Waals surface area contributed by atoms with E-state index in [1.54, 1.807) is 0 Å². The van der Waals surface area contributed by atoms with Crippen LogP contribution in [0, 0.1) is 5.82 Å². The zero-order valence-electron chi connectivity index (χ0n) is 10.2. The molecule has 120 valence electrons. The molecule has 1 rings (SSSR count). The van der Waals surface area contributed by atoms with Crippen molar-refractivity contribution in [3.8, 4) is 0 Å². The molecule has 0 aliphatic heterocycles. The van der Waals surface area contributed by atoms with Gasteiger partial charge in [-0.15, -0.1) is 0 Å². The van der Waals surface area contributed by atoms with E-state index in [4.69, 9.17) is 16.7 Å². The van der Waals surface area contributed by atoms with E-state index < -0.39 is 56.9 Å². The van der Waals surface area contributed by atoms with Crippen LogP contribution in [0.1, 0.15) is 5.56 Å². The maximum atomic E-state index is 13.8.